The first-order valence-electron chi connectivity index (χ1n) is 4.03. The normalized spacial score (nSPS) is 11.0. The van der Waals surface area contributed by atoms with E-state index in [9.17, 15) is 17.7 Å². The summed E-state index contributed by atoms with van der Waals surface area (Å²) in [6, 6.07) is 0. The van der Waals surface area contributed by atoms with E-state index < -0.39 is 19.3 Å². The van der Waals surface area contributed by atoms with E-state index in [1.807, 2.05) is 0 Å². The molecule has 0 saturated heterocycles. The predicted octanol–water partition coefficient (Wildman–Crippen LogP) is -2.56. The van der Waals surface area contributed by atoms with E-state index in [4.69, 9.17) is 0 Å². The van der Waals surface area contributed by atoms with E-state index in [-0.39, 0.29) is 64.5 Å². The maximum Gasteiger partial charge on any atom is 1.00 e. The van der Waals surface area contributed by atoms with E-state index in [1.54, 1.807) is 6.92 Å². The molecule has 0 bridgehead atoms. The summed E-state index contributed by atoms with van der Waals surface area (Å²) in [5.74, 6) is -0.401. The average molecular weight is 236 g/mol. The third-order valence-corrected chi connectivity index (χ3v) is 1.56. The SMILES string of the molecule is CCN(CC(=O)NC)C[B-](F)(F)F.[K+]. The molecule has 0 atom stereocenters. The molecule has 0 aliphatic heterocycles. The minimum Gasteiger partial charge on any atom is -0.448 e. The Morgan fingerprint density at radius 2 is 1.93 bits per heavy atom. The minimum absolute atomic E-state index is 0. The summed E-state index contributed by atoms with van der Waals surface area (Å²) in [5, 5.41) is 2.27. The van der Waals surface area contributed by atoms with Crippen LogP contribution >= 0.6 is 0 Å². The van der Waals surface area contributed by atoms with Gasteiger partial charge < -0.3 is 23.2 Å². The number of carbonyl (C=O) groups is 1. The molecule has 8 heteroatoms. The van der Waals surface area contributed by atoms with Crippen LogP contribution in [0.5, 0.6) is 0 Å². The molecular formula is C6H13BF3KN2O. The van der Waals surface area contributed by atoms with Crippen LogP contribution < -0.4 is 56.7 Å². The van der Waals surface area contributed by atoms with Gasteiger partial charge in [-0.3, -0.25) is 4.79 Å². The molecule has 0 aliphatic rings. The number of nitrogens with one attached hydrogen (secondary N) is 1. The summed E-state index contributed by atoms with van der Waals surface area (Å²) >= 11 is 0. The van der Waals surface area contributed by atoms with Crippen LogP contribution in [0.4, 0.5) is 12.9 Å². The average Bonchev–Trinajstić information content (AvgIpc) is 2.00. The van der Waals surface area contributed by atoms with Gasteiger partial charge in [-0.2, -0.15) is 0 Å². The van der Waals surface area contributed by atoms with Crippen molar-refractivity contribution in [2.75, 3.05) is 26.6 Å². The van der Waals surface area contributed by atoms with Crippen molar-refractivity contribution in [3.05, 3.63) is 0 Å². The van der Waals surface area contributed by atoms with Gasteiger partial charge >= 0.3 is 58.4 Å². The molecule has 3 nitrogen and oxygen atoms in total. The van der Waals surface area contributed by atoms with Gasteiger partial charge in [0.05, 0.1) is 6.54 Å². The molecule has 0 aromatic carbocycles. The molecule has 0 saturated carbocycles. The van der Waals surface area contributed by atoms with Crippen molar-refractivity contribution in [2.24, 2.45) is 0 Å². The van der Waals surface area contributed by atoms with Gasteiger partial charge in [0, 0.05) is 7.05 Å². The molecule has 0 heterocycles. The van der Waals surface area contributed by atoms with Crippen LogP contribution in [0.1, 0.15) is 6.92 Å². The number of carbonyl (C=O) groups excluding carboxylic acids is 1. The quantitative estimate of drug-likeness (QED) is 0.533. The Balaban J connectivity index is 0. The second-order valence-corrected chi connectivity index (χ2v) is 2.71. The van der Waals surface area contributed by atoms with Crippen LogP contribution in [0, 0.1) is 0 Å². The summed E-state index contributed by atoms with van der Waals surface area (Å²) in [4.78, 5) is 11.8. The zero-order valence-electron chi connectivity index (χ0n) is 8.69. The van der Waals surface area contributed by atoms with Crippen molar-refractivity contribution in [1.29, 1.82) is 0 Å². The molecule has 0 aromatic heterocycles. The van der Waals surface area contributed by atoms with E-state index in [0.29, 0.717) is 0 Å². The molecule has 0 radical (unpaired) electrons. The predicted molar refractivity (Wildman–Crippen MR) is 45.3 cm³/mol. The van der Waals surface area contributed by atoms with Gasteiger partial charge in [-0.25, -0.2) is 0 Å². The van der Waals surface area contributed by atoms with Crippen molar-refractivity contribution < 1.29 is 69.1 Å². The molecule has 1 N–H and O–H groups in total. The maximum absolute atomic E-state index is 11.9. The van der Waals surface area contributed by atoms with Gasteiger partial charge in [0.2, 0.25) is 5.91 Å². The summed E-state index contributed by atoms with van der Waals surface area (Å²) in [6.07, 6.45) is -0.982. The Morgan fingerprint density at radius 3 is 2.21 bits per heavy atom. The fraction of sp³-hybridized carbons (Fsp3) is 0.833. The first kappa shape index (κ1) is 17.3. The molecule has 0 fully saturated rings. The molecule has 78 valence electrons. The first-order valence-corrected chi connectivity index (χ1v) is 4.03. The summed E-state index contributed by atoms with van der Waals surface area (Å²) in [6.45, 7) is -3.24. The standard InChI is InChI=1S/C6H13BF3N2O.K/c1-3-12(4-6(13)11-2)5-7(8,9)10;/h3-5H2,1-2H3,(H,11,13);/q-1;+1. The first-order chi connectivity index (χ1) is 5.89. The van der Waals surface area contributed by atoms with Gasteiger partial charge in [0.25, 0.3) is 0 Å². The van der Waals surface area contributed by atoms with Crippen molar-refractivity contribution in [1.82, 2.24) is 10.2 Å². The Kier molecular flexibility index (Phi) is 10.0. The number of rotatable bonds is 5. The van der Waals surface area contributed by atoms with E-state index in [2.05, 4.69) is 5.32 Å². The summed E-state index contributed by atoms with van der Waals surface area (Å²) < 4.78 is 35.8. The van der Waals surface area contributed by atoms with Gasteiger partial charge in [-0.15, -0.1) is 0 Å². The number of nitrogens with zero attached hydrogens (tertiary/aromatic N) is 1. The van der Waals surface area contributed by atoms with Crippen LogP contribution in [0.2, 0.25) is 0 Å². The molecule has 0 aromatic rings. The Hall–Kier alpha value is 0.921. The Labute approximate surface area is 124 Å². The van der Waals surface area contributed by atoms with Crippen molar-refractivity contribution >= 4 is 12.9 Å². The zero-order valence-corrected chi connectivity index (χ0v) is 11.8. The molecule has 0 spiro atoms. The third kappa shape index (κ3) is 9.48. The Bertz CT molecular complexity index is 179. The fourth-order valence-corrected chi connectivity index (χ4v) is 0.880. The molecule has 0 aliphatic carbocycles. The van der Waals surface area contributed by atoms with Crippen LogP contribution in [0.25, 0.3) is 0 Å². The molecule has 0 unspecified atom stereocenters. The summed E-state index contributed by atoms with van der Waals surface area (Å²) in [5.41, 5.74) is 0. The smallest absolute Gasteiger partial charge is 0.448 e. The Morgan fingerprint density at radius 1 is 1.43 bits per heavy atom. The minimum atomic E-state index is -4.84. The van der Waals surface area contributed by atoms with Crippen molar-refractivity contribution in [3.63, 3.8) is 0 Å². The number of hydrogen-bond donors (Lipinski definition) is 1. The molecule has 1 amide bonds. The van der Waals surface area contributed by atoms with Crippen molar-refractivity contribution in [2.45, 2.75) is 6.92 Å². The number of hydrogen-bond acceptors (Lipinski definition) is 2. The van der Waals surface area contributed by atoms with Crippen LogP contribution in [-0.2, 0) is 4.79 Å². The number of likely N-dealkylation sites (N-methyl/N-ethyl adjacent to an activating group) is 2. The van der Waals surface area contributed by atoms with Crippen LogP contribution in [0.15, 0.2) is 0 Å². The third-order valence-electron chi connectivity index (χ3n) is 1.56. The van der Waals surface area contributed by atoms with Crippen LogP contribution in [0.3, 0.4) is 0 Å². The zero-order chi connectivity index (χ0) is 10.5. The van der Waals surface area contributed by atoms with Gasteiger partial charge in [-0.1, -0.05) is 6.92 Å². The van der Waals surface area contributed by atoms with Gasteiger partial charge in [0.15, 0.2) is 0 Å². The number of halogens is 3. The summed E-state index contributed by atoms with van der Waals surface area (Å²) in [7, 11) is 1.40. The molecule has 14 heavy (non-hydrogen) atoms. The van der Waals surface area contributed by atoms with Gasteiger partial charge in [0.1, 0.15) is 0 Å². The largest absolute Gasteiger partial charge is 1.00 e. The van der Waals surface area contributed by atoms with Crippen molar-refractivity contribution in [3.8, 4) is 0 Å². The molecule has 0 rings (SSSR count). The van der Waals surface area contributed by atoms with Gasteiger partial charge in [-0.05, 0) is 13.0 Å². The van der Waals surface area contributed by atoms with E-state index >= 15 is 0 Å². The maximum atomic E-state index is 11.9. The monoisotopic (exact) mass is 236 g/mol. The molecular weight excluding hydrogens is 223 g/mol. The van der Waals surface area contributed by atoms with Crippen LogP contribution in [-0.4, -0.2) is 44.4 Å². The topological polar surface area (TPSA) is 32.3 Å². The van der Waals surface area contributed by atoms with E-state index in [0.717, 1.165) is 4.90 Å². The van der Waals surface area contributed by atoms with E-state index in [1.165, 1.54) is 7.05 Å². The second kappa shape index (κ2) is 8.12. The second-order valence-electron chi connectivity index (χ2n) is 2.71. The fourth-order valence-electron chi connectivity index (χ4n) is 0.880. The number of amides is 1.